The van der Waals surface area contributed by atoms with Crippen molar-refractivity contribution in [2.24, 2.45) is 5.10 Å². The van der Waals surface area contributed by atoms with E-state index in [2.05, 4.69) is 27.0 Å². The van der Waals surface area contributed by atoms with Gasteiger partial charge in [-0.25, -0.2) is 5.01 Å². The van der Waals surface area contributed by atoms with Gasteiger partial charge in [0.25, 0.3) is 0 Å². The molecule has 0 aliphatic carbocycles. The van der Waals surface area contributed by atoms with Gasteiger partial charge in [0, 0.05) is 32.6 Å². The minimum absolute atomic E-state index is 0.0763. The quantitative estimate of drug-likeness (QED) is 0.443. The van der Waals surface area contributed by atoms with Crippen LogP contribution >= 0.6 is 27.5 Å². The first-order valence-electron chi connectivity index (χ1n) is 9.63. The molecule has 0 radical (unpaired) electrons. The van der Waals surface area contributed by atoms with Crippen LogP contribution in [0.25, 0.3) is 0 Å². The number of fused-ring (bicyclic) bond motifs is 4. The van der Waals surface area contributed by atoms with Gasteiger partial charge in [0.05, 0.1) is 11.8 Å². The summed E-state index contributed by atoms with van der Waals surface area (Å²) in [5.74, 6) is 2.40. The lowest BCUT2D eigenvalue weighted by Gasteiger charge is -2.38. The molecular formula is C23H16BrClN2O3. The zero-order valence-corrected chi connectivity index (χ0v) is 18.1. The summed E-state index contributed by atoms with van der Waals surface area (Å²) in [7, 11) is 0. The van der Waals surface area contributed by atoms with E-state index in [0.29, 0.717) is 5.02 Å². The van der Waals surface area contributed by atoms with E-state index in [1.807, 2.05) is 54.6 Å². The van der Waals surface area contributed by atoms with Crippen LogP contribution in [0.4, 0.5) is 0 Å². The maximum atomic E-state index is 6.40. The largest absolute Gasteiger partial charge is 0.464 e. The molecule has 2 atom stereocenters. The van der Waals surface area contributed by atoms with Crippen LogP contribution in [0.1, 0.15) is 35.4 Å². The average molecular weight is 484 g/mol. The summed E-state index contributed by atoms with van der Waals surface area (Å²) in [6, 6.07) is 19.9. The van der Waals surface area contributed by atoms with Gasteiger partial charge in [-0.1, -0.05) is 39.7 Å². The first-order chi connectivity index (χ1) is 14.7. The summed E-state index contributed by atoms with van der Waals surface area (Å²) in [6.45, 7) is 0.258. The van der Waals surface area contributed by atoms with Crippen LogP contribution in [0.5, 0.6) is 17.2 Å². The number of benzene rings is 3. The second-order valence-corrected chi connectivity index (χ2v) is 8.77. The molecule has 0 N–H and O–H groups in total. The molecule has 6 rings (SSSR count). The molecule has 3 aromatic carbocycles. The van der Waals surface area contributed by atoms with E-state index in [9.17, 15) is 0 Å². The van der Waals surface area contributed by atoms with Gasteiger partial charge < -0.3 is 14.2 Å². The molecule has 3 aliphatic rings. The monoisotopic (exact) mass is 482 g/mol. The number of halogens is 2. The van der Waals surface area contributed by atoms with Crippen molar-refractivity contribution >= 4 is 33.2 Å². The Kier molecular flexibility index (Phi) is 4.18. The van der Waals surface area contributed by atoms with Gasteiger partial charge in [-0.2, -0.15) is 5.10 Å². The smallest absolute Gasteiger partial charge is 0.231 e. The van der Waals surface area contributed by atoms with Gasteiger partial charge in [0.1, 0.15) is 5.75 Å². The van der Waals surface area contributed by atoms with E-state index in [-0.39, 0.29) is 19.1 Å². The Bertz CT molecular complexity index is 1180. The third-order valence-electron chi connectivity index (χ3n) is 5.61. The number of hydrazone groups is 1. The van der Waals surface area contributed by atoms with Crippen molar-refractivity contribution in [1.29, 1.82) is 0 Å². The van der Waals surface area contributed by atoms with Crippen molar-refractivity contribution in [1.82, 2.24) is 5.01 Å². The molecule has 0 aromatic heterocycles. The van der Waals surface area contributed by atoms with Crippen molar-refractivity contribution in [3.05, 3.63) is 86.8 Å². The Morgan fingerprint density at radius 2 is 1.73 bits per heavy atom. The van der Waals surface area contributed by atoms with E-state index in [0.717, 1.165) is 50.5 Å². The van der Waals surface area contributed by atoms with Gasteiger partial charge in [0.2, 0.25) is 13.0 Å². The Labute approximate surface area is 186 Å². The highest BCUT2D eigenvalue weighted by atomic mass is 79.9. The van der Waals surface area contributed by atoms with Crippen LogP contribution in [-0.2, 0) is 0 Å². The highest BCUT2D eigenvalue weighted by Gasteiger charge is 2.41. The van der Waals surface area contributed by atoms with Crippen molar-refractivity contribution in [3.63, 3.8) is 0 Å². The lowest BCUT2D eigenvalue weighted by Crippen LogP contribution is -2.33. The molecule has 0 saturated carbocycles. The first kappa shape index (κ1) is 18.1. The molecule has 0 amide bonds. The summed E-state index contributed by atoms with van der Waals surface area (Å²) >= 11 is 9.69. The van der Waals surface area contributed by atoms with Crippen molar-refractivity contribution < 1.29 is 14.2 Å². The Balaban J connectivity index is 1.43. The Hall–Kier alpha value is -2.70. The number of hydrogen-bond acceptors (Lipinski definition) is 5. The number of nitrogens with zero attached hydrogens (tertiary/aromatic N) is 2. The lowest BCUT2D eigenvalue weighted by atomic mass is 9.96. The fourth-order valence-electron chi connectivity index (χ4n) is 4.16. The van der Waals surface area contributed by atoms with Crippen LogP contribution < -0.4 is 14.2 Å². The predicted molar refractivity (Wildman–Crippen MR) is 117 cm³/mol. The van der Waals surface area contributed by atoms with Crippen LogP contribution in [0, 0.1) is 0 Å². The topological polar surface area (TPSA) is 43.3 Å². The summed E-state index contributed by atoms with van der Waals surface area (Å²) in [4.78, 5) is 0. The standard InChI is InChI=1S/C23H16BrClN2O3/c24-15-4-8-20-17(10-15)19-11-18(14-3-7-21-22(9-14)29-12-28-21)26-27(19)23(30-20)13-1-5-16(25)6-2-13/h1-10,19,23H,11-12H2. The molecule has 3 aliphatic heterocycles. The highest BCUT2D eigenvalue weighted by molar-refractivity contribution is 9.10. The predicted octanol–water partition coefficient (Wildman–Crippen LogP) is 6.07. The normalized spacial score (nSPS) is 21.0. The molecule has 0 bridgehead atoms. The molecule has 0 fully saturated rings. The third-order valence-corrected chi connectivity index (χ3v) is 6.36. The van der Waals surface area contributed by atoms with Gasteiger partial charge >= 0.3 is 0 Å². The number of hydrogen-bond donors (Lipinski definition) is 0. The molecule has 0 saturated heterocycles. The minimum atomic E-state index is -0.326. The summed E-state index contributed by atoms with van der Waals surface area (Å²) in [5.41, 5.74) is 4.15. The van der Waals surface area contributed by atoms with Gasteiger partial charge in [-0.15, -0.1) is 0 Å². The van der Waals surface area contributed by atoms with Gasteiger partial charge in [-0.3, -0.25) is 0 Å². The highest BCUT2D eigenvalue weighted by Crippen LogP contribution is 2.48. The molecule has 5 nitrogen and oxygen atoms in total. The van der Waals surface area contributed by atoms with E-state index in [1.165, 1.54) is 0 Å². The van der Waals surface area contributed by atoms with Gasteiger partial charge in [0.15, 0.2) is 11.5 Å². The summed E-state index contributed by atoms with van der Waals surface area (Å²) < 4.78 is 18.4. The minimum Gasteiger partial charge on any atom is -0.464 e. The van der Waals surface area contributed by atoms with Crippen LogP contribution in [0.3, 0.4) is 0 Å². The van der Waals surface area contributed by atoms with Crippen molar-refractivity contribution in [3.8, 4) is 17.2 Å². The van der Waals surface area contributed by atoms with Gasteiger partial charge in [-0.05, 0) is 48.5 Å². The number of rotatable bonds is 2. The molecule has 30 heavy (non-hydrogen) atoms. The molecule has 0 spiro atoms. The average Bonchev–Trinajstić information content (AvgIpc) is 3.41. The summed E-state index contributed by atoms with van der Waals surface area (Å²) in [6.07, 6.45) is 0.448. The van der Waals surface area contributed by atoms with Crippen LogP contribution in [0.2, 0.25) is 5.02 Å². The third kappa shape index (κ3) is 2.94. The van der Waals surface area contributed by atoms with E-state index >= 15 is 0 Å². The fourth-order valence-corrected chi connectivity index (χ4v) is 4.66. The summed E-state index contributed by atoms with van der Waals surface area (Å²) in [5, 5.41) is 7.74. The Morgan fingerprint density at radius 3 is 2.60 bits per heavy atom. The molecule has 7 heteroatoms. The number of ether oxygens (including phenoxy) is 3. The zero-order valence-electron chi connectivity index (χ0n) is 15.7. The van der Waals surface area contributed by atoms with E-state index in [4.69, 9.17) is 30.9 Å². The molecule has 2 unspecified atom stereocenters. The van der Waals surface area contributed by atoms with Crippen molar-refractivity contribution in [2.75, 3.05) is 6.79 Å². The second kappa shape index (κ2) is 6.93. The SMILES string of the molecule is Clc1ccc(C2Oc3ccc(Br)cc3C3CC(c4ccc5c(c4)OCO5)=NN32)cc1. The van der Waals surface area contributed by atoms with Crippen molar-refractivity contribution in [2.45, 2.75) is 18.7 Å². The maximum absolute atomic E-state index is 6.40. The molecule has 150 valence electrons. The Morgan fingerprint density at radius 1 is 0.933 bits per heavy atom. The molecule has 3 aromatic rings. The maximum Gasteiger partial charge on any atom is 0.231 e. The molecule has 3 heterocycles. The lowest BCUT2D eigenvalue weighted by molar-refractivity contribution is -0.0190. The second-order valence-electron chi connectivity index (χ2n) is 7.42. The van der Waals surface area contributed by atoms with E-state index in [1.54, 1.807) is 0 Å². The van der Waals surface area contributed by atoms with Crippen LogP contribution in [0.15, 0.2) is 70.2 Å². The zero-order chi connectivity index (χ0) is 20.2. The van der Waals surface area contributed by atoms with Crippen LogP contribution in [-0.4, -0.2) is 17.5 Å². The first-order valence-corrected chi connectivity index (χ1v) is 10.8. The fraction of sp³-hybridized carbons (Fsp3) is 0.174. The van der Waals surface area contributed by atoms with E-state index < -0.39 is 0 Å². The molecular weight excluding hydrogens is 468 g/mol.